The number of anilines is 1. The number of carbonyl (C=O) groups excluding carboxylic acids is 4. The Balaban J connectivity index is 1.34. The number of hydrogen-bond donors (Lipinski definition) is 2. The lowest BCUT2D eigenvalue weighted by molar-refractivity contribution is -0.121. The van der Waals surface area contributed by atoms with Gasteiger partial charge < -0.3 is 10.6 Å². The number of pyridine rings is 1. The van der Waals surface area contributed by atoms with Crippen LogP contribution in [0.1, 0.15) is 36.6 Å². The molecule has 0 bridgehead atoms. The lowest BCUT2D eigenvalue weighted by Gasteiger charge is -2.14. The van der Waals surface area contributed by atoms with Gasteiger partial charge in [0.2, 0.25) is 5.91 Å². The number of imide groups is 1. The molecular formula is C23H18N4O4. The third-order valence-corrected chi connectivity index (χ3v) is 4.78. The smallest absolute Gasteiger partial charge is 0.262 e. The number of rotatable bonds is 6. The van der Waals surface area contributed by atoms with Gasteiger partial charge in [-0.3, -0.25) is 29.1 Å². The molecule has 0 aliphatic carbocycles. The van der Waals surface area contributed by atoms with Crippen LogP contribution >= 0.6 is 0 Å². The van der Waals surface area contributed by atoms with Gasteiger partial charge in [0, 0.05) is 24.6 Å². The average molecular weight is 414 g/mol. The van der Waals surface area contributed by atoms with E-state index in [2.05, 4.69) is 15.6 Å². The fourth-order valence-electron chi connectivity index (χ4n) is 3.24. The van der Waals surface area contributed by atoms with Crippen LogP contribution in [0.4, 0.5) is 5.69 Å². The minimum absolute atomic E-state index is 0.179. The van der Waals surface area contributed by atoms with Gasteiger partial charge >= 0.3 is 0 Å². The number of hydrogen-bond acceptors (Lipinski definition) is 5. The minimum atomic E-state index is -0.476. The zero-order valence-electron chi connectivity index (χ0n) is 16.4. The quantitative estimate of drug-likeness (QED) is 0.602. The van der Waals surface area contributed by atoms with Crippen LogP contribution in [0.2, 0.25) is 0 Å². The van der Waals surface area contributed by atoms with Crippen LogP contribution in [0.15, 0.2) is 73.1 Å². The van der Waals surface area contributed by atoms with Crippen molar-refractivity contribution in [3.63, 3.8) is 0 Å². The van der Waals surface area contributed by atoms with Crippen molar-refractivity contribution in [1.82, 2.24) is 15.2 Å². The summed E-state index contributed by atoms with van der Waals surface area (Å²) in [7, 11) is 0. The van der Waals surface area contributed by atoms with Crippen molar-refractivity contribution in [3.05, 3.63) is 95.3 Å². The predicted octanol–water partition coefficient (Wildman–Crippen LogP) is 2.25. The van der Waals surface area contributed by atoms with E-state index in [1.54, 1.807) is 66.9 Å². The largest absolute Gasteiger partial charge is 0.350 e. The summed E-state index contributed by atoms with van der Waals surface area (Å²) in [5, 5.41) is 5.48. The molecule has 4 amide bonds. The summed E-state index contributed by atoms with van der Waals surface area (Å²) in [6.07, 6.45) is 3.06. The number of fused-ring (bicyclic) bond motifs is 1. The maximum Gasteiger partial charge on any atom is 0.262 e. The average Bonchev–Trinajstić information content (AvgIpc) is 3.03. The molecule has 0 saturated carbocycles. The monoisotopic (exact) mass is 414 g/mol. The van der Waals surface area contributed by atoms with Crippen molar-refractivity contribution in [1.29, 1.82) is 0 Å². The summed E-state index contributed by atoms with van der Waals surface area (Å²) in [6, 6.07) is 16.8. The van der Waals surface area contributed by atoms with E-state index < -0.39 is 17.7 Å². The van der Waals surface area contributed by atoms with Crippen LogP contribution in [0.25, 0.3) is 0 Å². The number of benzene rings is 2. The molecule has 2 N–H and O–H groups in total. The van der Waals surface area contributed by atoms with Crippen molar-refractivity contribution in [2.45, 2.75) is 6.54 Å². The summed E-state index contributed by atoms with van der Waals surface area (Å²) >= 11 is 0. The van der Waals surface area contributed by atoms with E-state index in [1.807, 2.05) is 0 Å². The summed E-state index contributed by atoms with van der Waals surface area (Å²) in [5.74, 6) is -1.70. The molecule has 8 heteroatoms. The van der Waals surface area contributed by atoms with E-state index in [0.29, 0.717) is 22.4 Å². The van der Waals surface area contributed by atoms with Gasteiger partial charge in [0.25, 0.3) is 17.7 Å². The van der Waals surface area contributed by atoms with Crippen molar-refractivity contribution < 1.29 is 19.2 Å². The van der Waals surface area contributed by atoms with Gasteiger partial charge in [-0.2, -0.15) is 0 Å². The number of nitrogens with zero attached hydrogens (tertiary/aromatic N) is 2. The second kappa shape index (κ2) is 8.58. The fraction of sp³-hybridized carbons (Fsp3) is 0.0870. The van der Waals surface area contributed by atoms with Crippen LogP contribution < -0.4 is 10.6 Å². The molecule has 154 valence electrons. The van der Waals surface area contributed by atoms with Gasteiger partial charge in [0.05, 0.1) is 16.7 Å². The minimum Gasteiger partial charge on any atom is -0.350 e. The zero-order valence-corrected chi connectivity index (χ0v) is 16.4. The molecule has 31 heavy (non-hydrogen) atoms. The van der Waals surface area contributed by atoms with Crippen LogP contribution in [-0.4, -0.2) is 40.1 Å². The molecule has 0 fully saturated rings. The number of aromatic nitrogens is 1. The third-order valence-electron chi connectivity index (χ3n) is 4.78. The Morgan fingerprint density at radius 3 is 2.32 bits per heavy atom. The molecule has 0 radical (unpaired) electrons. The lowest BCUT2D eigenvalue weighted by Crippen LogP contribution is -2.40. The van der Waals surface area contributed by atoms with Crippen molar-refractivity contribution in [3.8, 4) is 0 Å². The van der Waals surface area contributed by atoms with Crippen LogP contribution in [0.3, 0.4) is 0 Å². The van der Waals surface area contributed by atoms with Crippen LogP contribution in [-0.2, 0) is 11.3 Å². The highest BCUT2D eigenvalue weighted by molar-refractivity contribution is 6.22. The maximum absolute atomic E-state index is 12.4. The van der Waals surface area contributed by atoms with E-state index in [1.165, 1.54) is 6.20 Å². The van der Waals surface area contributed by atoms with E-state index in [4.69, 9.17) is 0 Å². The van der Waals surface area contributed by atoms with E-state index in [-0.39, 0.29) is 19.0 Å². The first-order valence-corrected chi connectivity index (χ1v) is 9.55. The van der Waals surface area contributed by atoms with Gasteiger partial charge in [0.1, 0.15) is 6.54 Å². The van der Waals surface area contributed by atoms with Gasteiger partial charge in [-0.1, -0.05) is 24.3 Å². The Bertz CT molecular complexity index is 1140. The van der Waals surface area contributed by atoms with Crippen LogP contribution in [0, 0.1) is 0 Å². The Kier molecular flexibility index (Phi) is 5.53. The second-order valence-electron chi connectivity index (χ2n) is 6.91. The highest BCUT2D eigenvalue weighted by atomic mass is 16.2. The fourth-order valence-corrected chi connectivity index (χ4v) is 3.24. The van der Waals surface area contributed by atoms with Gasteiger partial charge in [-0.25, -0.2) is 0 Å². The molecule has 0 spiro atoms. The SMILES string of the molecule is O=C(CN1C(=O)c2ccccc2C1=O)NCc1cccc(NC(=O)c2cccnc2)c1. The molecule has 4 rings (SSSR count). The Morgan fingerprint density at radius 2 is 1.65 bits per heavy atom. The van der Waals surface area contributed by atoms with Gasteiger partial charge in [-0.05, 0) is 42.0 Å². The van der Waals surface area contributed by atoms with E-state index >= 15 is 0 Å². The molecule has 1 aromatic heterocycles. The van der Waals surface area contributed by atoms with Gasteiger partial charge in [0.15, 0.2) is 0 Å². The summed E-state index contributed by atoms with van der Waals surface area (Å²) in [4.78, 5) is 54.2. The Morgan fingerprint density at radius 1 is 0.903 bits per heavy atom. The topological polar surface area (TPSA) is 108 Å². The van der Waals surface area contributed by atoms with E-state index in [9.17, 15) is 19.2 Å². The lowest BCUT2D eigenvalue weighted by atomic mass is 10.1. The maximum atomic E-state index is 12.4. The summed E-state index contributed by atoms with van der Waals surface area (Å²) in [6.45, 7) is -0.178. The summed E-state index contributed by atoms with van der Waals surface area (Å²) < 4.78 is 0. The first-order chi connectivity index (χ1) is 15.0. The molecule has 1 aliphatic heterocycles. The standard InChI is InChI=1S/C23H18N4O4/c28-20(14-27-22(30)18-8-1-2-9-19(18)23(27)31)25-12-15-5-3-7-17(11-15)26-21(29)16-6-4-10-24-13-16/h1-11,13H,12,14H2,(H,25,28)(H,26,29). The Hall–Kier alpha value is -4.33. The van der Waals surface area contributed by atoms with Gasteiger partial charge in [-0.15, -0.1) is 0 Å². The molecular weight excluding hydrogens is 396 g/mol. The number of carbonyl (C=O) groups is 4. The molecule has 0 saturated heterocycles. The highest BCUT2D eigenvalue weighted by Gasteiger charge is 2.36. The molecule has 8 nitrogen and oxygen atoms in total. The molecule has 3 aromatic rings. The molecule has 2 aromatic carbocycles. The van der Waals surface area contributed by atoms with E-state index in [0.717, 1.165) is 10.5 Å². The molecule has 1 aliphatic rings. The van der Waals surface area contributed by atoms with Crippen LogP contribution in [0.5, 0.6) is 0 Å². The first kappa shape index (κ1) is 20.0. The second-order valence-corrected chi connectivity index (χ2v) is 6.91. The number of amides is 4. The number of nitrogens with one attached hydrogen (secondary N) is 2. The normalized spacial score (nSPS) is 12.5. The van der Waals surface area contributed by atoms with Crippen molar-refractivity contribution in [2.24, 2.45) is 0 Å². The molecule has 2 heterocycles. The zero-order chi connectivity index (χ0) is 21.8. The highest BCUT2D eigenvalue weighted by Crippen LogP contribution is 2.22. The molecule has 0 unspecified atom stereocenters. The predicted molar refractivity (Wildman–Crippen MR) is 112 cm³/mol. The molecule has 0 atom stereocenters. The Labute approximate surface area is 177 Å². The van der Waals surface area contributed by atoms with Crippen molar-refractivity contribution in [2.75, 3.05) is 11.9 Å². The summed E-state index contributed by atoms with van der Waals surface area (Å²) in [5.41, 5.74) is 2.36. The first-order valence-electron chi connectivity index (χ1n) is 9.55. The van der Waals surface area contributed by atoms with Crippen molar-refractivity contribution >= 4 is 29.3 Å². The third kappa shape index (κ3) is 4.32.